The van der Waals surface area contributed by atoms with Crippen molar-refractivity contribution in [1.29, 1.82) is 0 Å². The molecule has 0 amide bonds. The summed E-state index contributed by atoms with van der Waals surface area (Å²) in [5.41, 5.74) is -0.296. The third kappa shape index (κ3) is 5.64. The fourth-order valence-electron chi connectivity index (χ4n) is 1.69. The zero-order valence-electron chi connectivity index (χ0n) is 10.3. The maximum Gasteiger partial charge on any atom is 0.218 e. The van der Waals surface area contributed by atoms with Gasteiger partial charge in [0.05, 0.1) is 0 Å². The van der Waals surface area contributed by atoms with Crippen LogP contribution in [0.5, 0.6) is 0 Å². The second-order valence-electron chi connectivity index (χ2n) is 4.26. The Balaban J connectivity index is 2.13. The molecule has 0 aromatic heterocycles. The molecule has 1 aromatic rings. The minimum Gasteiger partial charge on any atom is -0.279 e. The van der Waals surface area contributed by atoms with Gasteiger partial charge in [-0.3, -0.25) is 16.0 Å². The Hall–Kier alpha value is 1.19. The third-order valence-electron chi connectivity index (χ3n) is 2.62. The van der Waals surface area contributed by atoms with Crippen LogP contribution in [0.1, 0.15) is 0 Å². The number of rotatable bonds is 2. The Kier molecular flexibility index (Phi) is 6.52. The minimum absolute atomic E-state index is 0.296. The maximum absolute atomic E-state index is 5.94. The highest BCUT2D eigenvalue weighted by atomic mass is 35.6. The molecular weight excluding hydrogens is 419 g/mol. The molecule has 0 saturated carbocycles. The van der Waals surface area contributed by atoms with Gasteiger partial charge in [-0.25, -0.2) is 0 Å². The summed E-state index contributed by atoms with van der Waals surface area (Å²) in [6.45, 7) is 0. The van der Waals surface area contributed by atoms with E-state index in [-0.39, 0.29) is 5.50 Å². The molecule has 1 aliphatic heterocycles. The Morgan fingerprint density at radius 1 is 0.762 bits per heavy atom. The van der Waals surface area contributed by atoms with Crippen LogP contribution in [0, 0.1) is 0 Å². The number of hydrogen-bond acceptors (Lipinski definition) is 4. The zero-order valence-corrected chi connectivity index (χ0v) is 15.6. The van der Waals surface area contributed by atoms with Crippen molar-refractivity contribution in [3.63, 3.8) is 0 Å². The van der Waals surface area contributed by atoms with E-state index in [1.54, 1.807) is 0 Å². The lowest BCUT2D eigenvalue weighted by atomic mass is 10.4. The summed E-state index contributed by atoms with van der Waals surface area (Å²) >= 11 is 37.1. The normalized spacial score (nSPS) is 27.6. The SMILES string of the molecule is ClC(Cl)(Cl)C1NC(Sc2ccccc2)NC(C(Cl)(Cl)Cl)N1. The van der Waals surface area contributed by atoms with Gasteiger partial charge in [-0.1, -0.05) is 99.6 Å². The zero-order chi connectivity index (χ0) is 15.7. The van der Waals surface area contributed by atoms with E-state index >= 15 is 0 Å². The molecule has 0 radical (unpaired) electrons. The van der Waals surface area contributed by atoms with E-state index in [1.165, 1.54) is 11.8 Å². The van der Waals surface area contributed by atoms with Crippen molar-refractivity contribution in [1.82, 2.24) is 16.0 Å². The molecule has 0 aliphatic carbocycles. The van der Waals surface area contributed by atoms with Crippen LogP contribution in [0.15, 0.2) is 35.2 Å². The maximum atomic E-state index is 5.94. The molecule has 1 fully saturated rings. The number of thioether (sulfide) groups is 1. The minimum atomic E-state index is -1.59. The predicted molar refractivity (Wildman–Crippen MR) is 93.7 cm³/mol. The van der Waals surface area contributed by atoms with Crippen molar-refractivity contribution >= 4 is 81.4 Å². The van der Waals surface area contributed by atoms with E-state index in [4.69, 9.17) is 69.6 Å². The Morgan fingerprint density at radius 2 is 1.24 bits per heavy atom. The molecule has 1 saturated heterocycles. The van der Waals surface area contributed by atoms with E-state index in [1.807, 2.05) is 30.3 Å². The largest absolute Gasteiger partial charge is 0.279 e. The molecule has 1 aromatic carbocycles. The van der Waals surface area contributed by atoms with Crippen LogP contribution < -0.4 is 16.0 Å². The standard InChI is InChI=1S/C11H11Cl6N3S/c12-10(13,14)7-18-8(11(15,16)17)20-9(19-7)21-6-4-2-1-3-5-6/h1-5,7-9,18-20H. The van der Waals surface area contributed by atoms with Crippen molar-refractivity contribution in [2.75, 3.05) is 0 Å². The van der Waals surface area contributed by atoms with E-state index in [2.05, 4.69) is 16.0 Å². The fraction of sp³-hybridized carbons (Fsp3) is 0.455. The van der Waals surface area contributed by atoms with Gasteiger partial charge in [0.25, 0.3) is 0 Å². The molecule has 118 valence electrons. The van der Waals surface area contributed by atoms with Crippen LogP contribution >= 0.6 is 81.4 Å². The first-order chi connectivity index (χ1) is 9.66. The van der Waals surface area contributed by atoms with Crippen LogP contribution in [-0.4, -0.2) is 25.4 Å². The summed E-state index contributed by atoms with van der Waals surface area (Å²) in [7, 11) is 0. The summed E-state index contributed by atoms with van der Waals surface area (Å²) in [6, 6.07) is 9.72. The number of halogens is 6. The van der Waals surface area contributed by atoms with Gasteiger partial charge >= 0.3 is 0 Å². The van der Waals surface area contributed by atoms with E-state index in [0.717, 1.165) is 4.90 Å². The smallest absolute Gasteiger partial charge is 0.218 e. The van der Waals surface area contributed by atoms with Gasteiger partial charge in [0.2, 0.25) is 7.59 Å². The first kappa shape index (κ1) is 18.5. The van der Waals surface area contributed by atoms with Crippen LogP contribution in [0.25, 0.3) is 0 Å². The Morgan fingerprint density at radius 3 is 1.67 bits per heavy atom. The molecule has 3 N–H and O–H groups in total. The summed E-state index contributed by atoms with van der Waals surface area (Å²) in [4.78, 5) is 1.02. The van der Waals surface area contributed by atoms with E-state index in [9.17, 15) is 0 Å². The predicted octanol–water partition coefficient (Wildman–Crippen LogP) is 4.24. The van der Waals surface area contributed by atoms with Crippen LogP contribution in [0.4, 0.5) is 0 Å². The quantitative estimate of drug-likeness (QED) is 0.614. The summed E-state index contributed by atoms with van der Waals surface area (Å²) in [5, 5.41) is 9.15. The van der Waals surface area contributed by atoms with Gasteiger partial charge in [0, 0.05) is 4.90 Å². The first-order valence-corrected chi connectivity index (χ1v) is 8.94. The molecule has 2 atom stereocenters. The highest BCUT2D eigenvalue weighted by molar-refractivity contribution is 7.99. The average Bonchev–Trinajstić information content (AvgIpc) is 2.37. The average molecular weight is 430 g/mol. The Labute approximate surface area is 157 Å². The lowest BCUT2D eigenvalue weighted by Crippen LogP contribution is -2.72. The number of hydrogen-bond donors (Lipinski definition) is 3. The summed E-state index contributed by atoms with van der Waals surface area (Å²) in [5.74, 6) is 0. The van der Waals surface area contributed by atoms with E-state index in [0.29, 0.717) is 0 Å². The highest BCUT2D eigenvalue weighted by Crippen LogP contribution is 2.36. The van der Waals surface area contributed by atoms with Gasteiger partial charge in [0.15, 0.2) is 0 Å². The van der Waals surface area contributed by atoms with Gasteiger partial charge in [0.1, 0.15) is 17.8 Å². The lowest BCUT2D eigenvalue weighted by molar-refractivity contribution is 0.248. The molecule has 2 rings (SSSR count). The lowest BCUT2D eigenvalue weighted by Gasteiger charge is -2.43. The second kappa shape index (κ2) is 7.39. The van der Waals surface area contributed by atoms with Gasteiger partial charge in [-0.2, -0.15) is 0 Å². The number of benzene rings is 1. The molecular formula is C11H11Cl6N3S. The third-order valence-corrected chi connectivity index (χ3v) is 4.98. The van der Waals surface area contributed by atoms with Gasteiger partial charge in [-0.15, -0.1) is 0 Å². The first-order valence-electron chi connectivity index (χ1n) is 5.79. The van der Waals surface area contributed by atoms with Crippen LogP contribution in [0.2, 0.25) is 0 Å². The second-order valence-corrected chi connectivity index (χ2v) is 10.2. The highest BCUT2D eigenvalue weighted by Gasteiger charge is 2.45. The monoisotopic (exact) mass is 427 g/mol. The number of nitrogens with one attached hydrogen (secondary N) is 3. The molecule has 21 heavy (non-hydrogen) atoms. The van der Waals surface area contributed by atoms with Gasteiger partial charge < -0.3 is 0 Å². The summed E-state index contributed by atoms with van der Waals surface area (Å²) in [6.07, 6.45) is -1.35. The molecule has 3 nitrogen and oxygen atoms in total. The topological polar surface area (TPSA) is 36.1 Å². The van der Waals surface area contributed by atoms with Crippen molar-refractivity contribution in [3.8, 4) is 0 Å². The Bertz CT molecular complexity index is 441. The van der Waals surface area contributed by atoms with Crippen molar-refractivity contribution in [2.24, 2.45) is 0 Å². The molecule has 0 bridgehead atoms. The van der Waals surface area contributed by atoms with Gasteiger partial charge in [-0.05, 0) is 12.1 Å². The molecule has 10 heteroatoms. The van der Waals surface area contributed by atoms with Crippen LogP contribution in [0.3, 0.4) is 0 Å². The van der Waals surface area contributed by atoms with Crippen LogP contribution in [-0.2, 0) is 0 Å². The molecule has 2 unspecified atom stereocenters. The molecule has 0 spiro atoms. The number of alkyl halides is 6. The fourth-order valence-corrected chi connectivity index (χ4v) is 3.45. The molecule has 1 heterocycles. The van der Waals surface area contributed by atoms with Crippen molar-refractivity contribution in [2.45, 2.75) is 30.3 Å². The molecule has 1 aliphatic rings. The van der Waals surface area contributed by atoms with Crippen molar-refractivity contribution in [3.05, 3.63) is 30.3 Å². The van der Waals surface area contributed by atoms with Crippen molar-refractivity contribution < 1.29 is 0 Å². The summed E-state index contributed by atoms with van der Waals surface area (Å²) < 4.78 is -3.18. The van der Waals surface area contributed by atoms with E-state index < -0.39 is 19.9 Å².